The van der Waals surface area contributed by atoms with Gasteiger partial charge in [-0.15, -0.1) is 10.2 Å². The second-order valence-corrected chi connectivity index (χ2v) is 7.34. The molecule has 0 spiro atoms. The minimum absolute atomic E-state index is 0.733. The molecular weight excluding hydrogens is 350 g/mol. The summed E-state index contributed by atoms with van der Waals surface area (Å²) in [6.45, 7) is 4.96. The van der Waals surface area contributed by atoms with E-state index in [9.17, 15) is 0 Å². The molecule has 1 fully saturated rings. The maximum absolute atomic E-state index is 5.53. The highest BCUT2D eigenvalue weighted by Gasteiger charge is 2.24. The first-order chi connectivity index (χ1) is 13.9. The number of para-hydroxylation sites is 2. The van der Waals surface area contributed by atoms with Crippen LogP contribution >= 0.6 is 0 Å². The second kappa shape index (κ2) is 7.64. The van der Waals surface area contributed by atoms with Crippen LogP contribution in [0.3, 0.4) is 0 Å². The van der Waals surface area contributed by atoms with Crippen molar-refractivity contribution in [3.05, 3.63) is 66.0 Å². The summed E-state index contributed by atoms with van der Waals surface area (Å²) in [6.07, 6.45) is 2.32. The van der Waals surface area contributed by atoms with E-state index in [0.29, 0.717) is 0 Å². The number of hydrogen-bond donors (Lipinski definition) is 0. The lowest BCUT2D eigenvalue weighted by molar-refractivity contribution is 0.122. The van der Waals surface area contributed by atoms with Gasteiger partial charge in [0.2, 0.25) is 5.95 Å². The zero-order valence-corrected chi connectivity index (χ0v) is 16.0. The van der Waals surface area contributed by atoms with Crippen molar-refractivity contribution in [3.8, 4) is 5.69 Å². The molecule has 0 saturated carbocycles. The van der Waals surface area contributed by atoms with Crippen molar-refractivity contribution < 1.29 is 4.74 Å². The van der Waals surface area contributed by atoms with Gasteiger partial charge in [0, 0.05) is 25.3 Å². The smallest absolute Gasteiger partial charge is 0.232 e. The van der Waals surface area contributed by atoms with Crippen LogP contribution in [0.5, 0.6) is 0 Å². The molecule has 0 N–H and O–H groups in total. The lowest BCUT2D eigenvalue weighted by Gasteiger charge is -2.31. The second-order valence-electron chi connectivity index (χ2n) is 7.34. The van der Waals surface area contributed by atoms with Gasteiger partial charge in [0.1, 0.15) is 0 Å². The molecule has 0 bridgehead atoms. The van der Waals surface area contributed by atoms with E-state index in [-0.39, 0.29) is 0 Å². The molecule has 0 amide bonds. The van der Waals surface area contributed by atoms with E-state index in [1.807, 2.05) is 6.07 Å². The molecule has 1 saturated heterocycles. The largest absolute Gasteiger partial charge is 0.378 e. The Kier molecular flexibility index (Phi) is 4.71. The zero-order valence-electron chi connectivity index (χ0n) is 16.0. The fourth-order valence-corrected chi connectivity index (χ4v) is 4.17. The molecule has 0 atom stereocenters. The number of rotatable bonds is 4. The van der Waals surface area contributed by atoms with Gasteiger partial charge in [-0.1, -0.05) is 36.4 Å². The predicted molar refractivity (Wildman–Crippen MR) is 110 cm³/mol. The van der Waals surface area contributed by atoms with Crippen molar-refractivity contribution in [2.75, 3.05) is 42.6 Å². The monoisotopic (exact) mass is 375 g/mol. The van der Waals surface area contributed by atoms with Crippen LogP contribution in [0.2, 0.25) is 0 Å². The van der Waals surface area contributed by atoms with E-state index in [1.54, 1.807) is 0 Å². The molecule has 6 nitrogen and oxygen atoms in total. The topological polar surface area (TPSA) is 46.4 Å². The number of fused-ring (bicyclic) bond motifs is 1. The van der Waals surface area contributed by atoms with Crippen molar-refractivity contribution in [3.63, 3.8) is 0 Å². The van der Waals surface area contributed by atoms with Crippen molar-refractivity contribution in [2.24, 2.45) is 0 Å². The number of ether oxygens (including phenoxy) is 1. The number of benzene rings is 2. The van der Waals surface area contributed by atoms with Crippen molar-refractivity contribution in [2.45, 2.75) is 19.4 Å². The summed E-state index contributed by atoms with van der Waals surface area (Å²) in [5.74, 6) is 1.89. The summed E-state index contributed by atoms with van der Waals surface area (Å²) in [5, 5.41) is 9.22. The molecule has 3 aromatic rings. The molecule has 2 aromatic carbocycles. The van der Waals surface area contributed by atoms with Gasteiger partial charge in [0.05, 0.1) is 25.4 Å². The zero-order chi connectivity index (χ0) is 18.8. The number of anilines is 2. The number of hydrogen-bond acceptors (Lipinski definition) is 5. The molecule has 6 heteroatoms. The highest BCUT2D eigenvalue weighted by Crippen LogP contribution is 2.29. The van der Waals surface area contributed by atoms with Gasteiger partial charge in [-0.2, -0.15) is 0 Å². The van der Waals surface area contributed by atoms with Crippen LogP contribution < -0.4 is 9.80 Å². The molecule has 0 radical (unpaired) electrons. The summed E-state index contributed by atoms with van der Waals surface area (Å²) in [7, 11) is 0. The molecule has 5 rings (SSSR count). The highest BCUT2D eigenvalue weighted by molar-refractivity contribution is 5.56. The third-order valence-corrected chi connectivity index (χ3v) is 5.56. The summed E-state index contributed by atoms with van der Waals surface area (Å²) >= 11 is 0. The maximum atomic E-state index is 5.53. The van der Waals surface area contributed by atoms with Crippen LogP contribution in [0.4, 0.5) is 11.6 Å². The molecule has 0 unspecified atom stereocenters. The number of aryl methyl sites for hydroxylation is 1. The minimum atomic E-state index is 0.733. The molecule has 2 aliphatic rings. The fraction of sp³-hybridized carbons (Fsp3) is 0.364. The first-order valence-corrected chi connectivity index (χ1v) is 10.1. The lowest BCUT2D eigenvalue weighted by atomic mass is 10.0. The molecule has 144 valence electrons. The first-order valence-electron chi connectivity index (χ1n) is 10.1. The third-order valence-electron chi connectivity index (χ3n) is 5.56. The Morgan fingerprint density at radius 3 is 2.50 bits per heavy atom. The van der Waals surface area contributed by atoms with Gasteiger partial charge in [0.15, 0.2) is 5.82 Å². The Morgan fingerprint density at radius 2 is 1.64 bits per heavy atom. The van der Waals surface area contributed by atoms with Gasteiger partial charge in [0.25, 0.3) is 0 Å². The maximum Gasteiger partial charge on any atom is 0.232 e. The summed E-state index contributed by atoms with van der Waals surface area (Å²) in [6, 6.07) is 19.1. The van der Waals surface area contributed by atoms with E-state index in [1.165, 1.54) is 17.7 Å². The van der Waals surface area contributed by atoms with Crippen LogP contribution in [0.1, 0.15) is 17.8 Å². The molecule has 3 heterocycles. The average Bonchev–Trinajstić information content (AvgIpc) is 3.19. The molecule has 2 aliphatic heterocycles. The summed E-state index contributed by atoms with van der Waals surface area (Å²) in [5.41, 5.74) is 3.85. The number of morpholine rings is 1. The standard InChI is InChI=1S/C22H25N5O/c1-2-9-19(10-3-1)27-21(23-24-22(27)25-13-15-28-16-14-25)17-26-12-6-8-18-7-4-5-11-20(18)26/h1-5,7,9-11H,6,8,12-17H2. The normalized spacial score (nSPS) is 16.9. The van der Waals surface area contributed by atoms with Gasteiger partial charge in [-0.25, -0.2) is 0 Å². The number of aromatic nitrogens is 3. The van der Waals surface area contributed by atoms with Crippen LogP contribution in [0.15, 0.2) is 54.6 Å². The van der Waals surface area contributed by atoms with Gasteiger partial charge in [-0.3, -0.25) is 4.57 Å². The Morgan fingerprint density at radius 1 is 0.857 bits per heavy atom. The predicted octanol–water partition coefficient (Wildman–Crippen LogP) is 3.06. The Bertz CT molecular complexity index is 933. The average molecular weight is 375 g/mol. The van der Waals surface area contributed by atoms with Crippen molar-refractivity contribution in [1.29, 1.82) is 0 Å². The summed E-state index contributed by atoms with van der Waals surface area (Å²) < 4.78 is 7.74. The number of nitrogens with zero attached hydrogens (tertiary/aromatic N) is 5. The van der Waals surface area contributed by atoms with E-state index in [2.05, 4.69) is 73.1 Å². The van der Waals surface area contributed by atoms with Crippen molar-refractivity contribution >= 4 is 11.6 Å². The highest BCUT2D eigenvalue weighted by atomic mass is 16.5. The van der Waals surface area contributed by atoms with Crippen LogP contribution in [0.25, 0.3) is 5.69 Å². The van der Waals surface area contributed by atoms with E-state index >= 15 is 0 Å². The van der Waals surface area contributed by atoms with E-state index in [0.717, 1.165) is 63.3 Å². The van der Waals surface area contributed by atoms with E-state index in [4.69, 9.17) is 4.74 Å². The first kappa shape index (κ1) is 17.3. The quantitative estimate of drug-likeness (QED) is 0.701. The van der Waals surface area contributed by atoms with Crippen LogP contribution in [0, 0.1) is 0 Å². The SMILES string of the molecule is c1ccc(-n2c(CN3CCCc4ccccc43)nnc2N2CCOCC2)cc1. The minimum Gasteiger partial charge on any atom is -0.378 e. The van der Waals surface area contributed by atoms with Gasteiger partial charge in [-0.05, 0) is 36.6 Å². The molecular formula is C22H25N5O. The molecule has 1 aromatic heterocycles. The molecule has 28 heavy (non-hydrogen) atoms. The van der Waals surface area contributed by atoms with Gasteiger partial charge < -0.3 is 14.5 Å². The van der Waals surface area contributed by atoms with Gasteiger partial charge >= 0.3 is 0 Å². The summed E-state index contributed by atoms with van der Waals surface area (Å²) in [4.78, 5) is 4.71. The Balaban J connectivity index is 1.52. The van der Waals surface area contributed by atoms with E-state index < -0.39 is 0 Å². The fourth-order valence-electron chi connectivity index (χ4n) is 4.17. The van der Waals surface area contributed by atoms with Crippen LogP contribution in [-0.4, -0.2) is 47.6 Å². The lowest BCUT2D eigenvalue weighted by Crippen LogP contribution is -2.38. The Hall–Kier alpha value is -2.86. The molecule has 0 aliphatic carbocycles. The Labute approximate surface area is 165 Å². The van der Waals surface area contributed by atoms with Crippen LogP contribution in [-0.2, 0) is 17.7 Å². The third kappa shape index (κ3) is 3.24. The van der Waals surface area contributed by atoms with Crippen molar-refractivity contribution in [1.82, 2.24) is 14.8 Å².